The summed E-state index contributed by atoms with van der Waals surface area (Å²) in [7, 11) is 3.66. The van der Waals surface area contributed by atoms with Crippen LogP contribution in [0.15, 0.2) is 59.0 Å². The first kappa shape index (κ1) is 18.0. The van der Waals surface area contributed by atoms with Crippen LogP contribution in [-0.2, 0) is 11.3 Å². The van der Waals surface area contributed by atoms with Crippen LogP contribution in [0, 0.1) is 0 Å². The third-order valence-electron chi connectivity index (χ3n) is 4.35. The fraction of sp³-hybridized carbons (Fsp3) is 0.286. The lowest BCUT2D eigenvalue weighted by Gasteiger charge is -2.19. The van der Waals surface area contributed by atoms with Crippen molar-refractivity contribution in [2.75, 3.05) is 32.1 Å². The van der Waals surface area contributed by atoms with Crippen LogP contribution in [0.5, 0.6) is 0 Å². The van der Waals surface area contributed by atoms with E-state index in [2.05, 4.69) is 22.3 Å². The maximum absolute atomic E-state index is 12.6. The third kappa shape index (κ3) is 4.06. The first-order chi connectivity index (χ1) is 12.7. The highest BCUT2D eigenvalue weighted by Crippen LogP contribution is 2.26. The summed E-state index contributed by atoms with van der Waals surface area (Å²) >= 11 is 0. The number of carbonyl (C=O) groups excluding carboxylic acids is 1. The molecule has 5 nitrogen and oxygen atoms in total. The lowest BCUT2D eigenvalue weighted by Crippen LogP contribution is -2.28. The topological polar surface area (TPSA) is 54.7 Å². The van der Waals surface area contributed by atoms with Gasteiger partial charge in [0.15, 0.2) is 5.76 Å². The molecule has 0 radical (unpaired) electrons. The molecular formula is C21H24N2O3. The summed E-state index contributed by atoms with van der Waals surface area (Å²) < 4.78 is 11.0. The summed E-state index contributed by atoms with van der Waals surface area (Å²) in [5.74, 6) is 0.139. The van der Waals surface area contributed by atoms with Gasteiger partial charge in [-0.3, -0.25) is 4.79 Å². The van der Waals surface area contributed by atoms with Crippen LogP contribution in [0.1, 0.15) is 22.5 Å². The van der Waals surface area contributed by atoms with Gasteiger partial charge < -0.3 is 19.4 Å². The SMILES string of the molecule is COCc1c(C(=O)NCCCN(C)c2ccccc2)oc2ccccc12. The van der Waals surface area contributed by atoms with Crippen molar-refractivity contribution in [3.63, 3.8) is 0 Å². The van der Waals surface area contributed by atoms with Crippen LogP contribution >= 0.6 is 0 Å². The molecule has 0 aliphatic rings. The molecule has 0 fully saturated rings. The molecule has 5 heteroatoms. The highest BCUT2D eigenvalue weighted by Gasteiger charge is 2.19. The summed E-state index contributed by atoms with van der Waals surface area (Å²) in [5, 5.41) is 3.87. The molecule has 3 aromatic rings. The molecule has 0 aliphatic carbocycles. The molecule has 0 saturated carbocycles. The maximum atomic E-state index is 12.6. The molecule has 1 amide bonds. The number of anilines is 1. The second kappa shape index (κ2) is 8.54. The minimum Gasteiger partial charge on any atom is -0.451 e. The molecule has 0 atom stereocenters. The highest BCUT2D eigenvalue weighted by atomic mass is 16.5. The fourth-order valence-corrected chi connectivity index (χ4v) is 2.98. The Balaban J connectivity index is 1.58. The first-order valence-corrected chi connectivity index (χ1v) is 8.74. The van der Waals surface area contributed by atoms with E-state index in [0.717, 1.165) is 23.9 Å². The third-order valence-corrected chi connectivity index (χ3v) is 4.35. The van der Waals surface area contributed by atoms with Gasteiger partial charge in [0.25, 0.3) is 5.91 Å². The molecule has 136 valence electrons. The maximum Gasteiger partial charge on any atom is 0.287 e. The summed E-state index contributed by atoms with van der Waals surface area (Å²) in [6, 6.07) is 17.8. The van der Waals surface area contributed by atoms with Crippen molar-refractivity contribution in [2.24, 2.45) is 0 Å². The zero-order chi connectivity index (χ0) is 18.4. The van der Waals surface area contributed by atoms with E-state index < -0.39 is 0 Å². The molecule has 3 rings (SSSR count). The Hall–Kier alpha value is -2.79. The van der Waals surface area contributed by atoms with Crippen LogP contribution < -0.4 is 10.2 Å². The number of nitrogens with one attached hydrogen (secondary N) is 1. The standard InChI is InChI=1S/C21H24N2O3/c1-23(16-9-4-3-5-10-16)14-8-13-22-21(24)20-18(15-25-2)17-11-6-7-12-19(17)26-20/h3-7,9-12H,8,13-15H2,1-2H3,(H,22,24). The molecular weight excluding hydrogens is 328 g/mol. The van der Waals surface area contributed by atoms with Crippen molar-refractivity contribution >= 4 is 22.6 Å². The van der Waals surface area contributed by atoms with Crippen molar-refractivity contribution < 1.29 is 13.9 Å². The van der Waals surface area contributed by atoms with Crippen molar-refractivity contribution in [2.45, 2.75) is 13.0 Å². The first-order valence-electron chi connectivity index (χ1n) is 8.74. The van der Waals surface area contributed by atoms with Crippen LogP contribution in [0.4, 0.5) is 5.69 Å². The van der Waals surface area contributed by atoms with Crippen molar-refractivity contribution in [1.82, 2.24) is 5.32 Å². The van der Waals surface area contributed by atoms with E-state index in [1.54, 1.807) is 7.11 Å². The number of fused-ring (bicyclic) bond motifs is 1. The van der Waals surface area contributed by atoms with Gasteiger partial charge in [-0.2, -0.15) is 0 Å². The summed E-state index contributed by atoms with van der Waals surface area (Å²) in [4.78, 5) is 14.7. The molecule has 1 heterocycles. The predicted molar refractivity (Wildman–Crippen MR) is 104 cm³/mol. The lowest BCUT2D eigenvalue weighted by molar-refractivity contribution is 0.0921. The van der Waals surface area contributed by atoms with E-state index in [-0.39, 0.29) is 5.91 Å². The number of amides is 1. The molecule has 0 saturated heterocycles. The Morgan fingerprint density at radius 2 is 1.85 bits per heavy atom. The molecule has 0 aliphatic heterocycles. The number of furan rings is 1. The van der Waals surface area contributed by atoms with Gasteiger partial charge >= 0.3 is 0 Å². The lowest BCUT2D eigenvalue weighted by atomic mass is 10.1. The number of ether oxygens (including phenoxy) is 1. The minimum absolute atomic E-state index is 0.199. The monoisotopic (exact) mass is 352 g/mol. The van der Waals surface area contributed by atoms with Crippen molar-refractivity contribution in [1.29, 1.82) is 0 Å². The molecule has 0 unspecified atom stereocenters. The molecule has 26 heavy (non-hydrogen) atoms. The van der Waals surface area contributed by atoms with Gasteiger partial charge in [-0.15, -0.1) is 0 Å². The number of methoxy groups -OCH3 is 1. The zero-order valence-corrected chi connectivity index (χ0v) is 15.2. The van der Waals surface area contributed by atoms with E-state index in [0.29, 0.717) is 24.5 Å². The largest absolute Gasteiger partial charge is 0.451 e. The number of hydrogen-bond donors (Lipinski definition) is 1. The average molecular weight is 352 g/mol. The molecule has 2 aromatic carbocycles. The zero-order valence-electron chi connectivity index (χ0n) is 15.2. The Bertz CT molecular complexity index is 858. The van der Waals surface area contributed by atoms with Crippen molar-refractivity contribution in [3.05, 3.63) is 65.9 Å². The second-order valence-electron chi connectivity index (χ2n) is 6.21. The van der Waals surface area contributed by atoms with Crippen molar-refractivity contribution in [3.8, 4) is 0 Å². The number of carbonyl (C=O) groups is 1. The van der Waals surface area contributed by atoms with E-state index in [1.165, 1.54) is 5.69 Å². The minimum atomic E-state index is -0.199. The van der Waals surface area contributed by atoms with Crippen LogP contribution in [0.2, 0.25) is 0 Å². The quantitative estimate of drug-likeness (QED) is 0.626. The molecule has 0 bridgehead atoms. The molecule has 0 spiro atoms. The summed E-state index contributed by atoms with van der Waals surface area (Å²) in [6.45, 7) is 1.78. The number of nitrogens with zero attached hydrogens (tertiary/aromatic N) is 1. The van der Waals surface area contributed by atoms with E-state index in [9.17, 15) is 4.79 Å². The number of rotatable bonds is 8. The summed E-state index contributed by atoms with van der Waals surface area (Å²) in [6.07, 6.45) is 0.844. The number of para-hydroxylation sites is 2. The van der Waals surface area contributed by atoms with Gasteiger partial charge in [-0.25, -0.2) is 0 Å². The van der Waals surface area contributed by atoms with Gasteiger partial charge in [0.1, 0.15) is 5.58 Å². The van der Waals surface area contributed by atoms with Crippen LogP contribution in [0.25, 0.3) is 11.0 Å². The second-order valence-corrected chi connectivity index (χ2v) is 6.21. The predicted octanol–water partition coefficient (Wildman–Crippen LogP) is 3.84. The fourth-order valence-electron chi connectivity index (χ4n) is 2.98. The Labute approximate surface area is 153 Å². The van der Waals surface area contributed by atoms with Crippen LogP contribution in [-0.4, -0.2) is 33.2 Å². The normalized spacial score (nSPS) is 10.8. The Morgan fingerprint density at radius 1 is 1.12 bits per heavy atom. The van der Waals surface area contributed by atoms with E-state index in [1.807, 2.05) is 49.5 Å². The molecule has 1 N–H and O–H groups in total. The summed E-state index contributed by atoms with van der Waals surface area (Å²) in [5.41, 5.74) is 2.66. The van der Waals surface area contributed by atoms with Gasteiger partial charge in [0.2, 0.25) is 0 Å². The highest BCUT2D eigenvalue weighted by molar-refractivity contribution is 5.99. The Morgan fingerprint density at radius 3 is 2.62 bits per heavy atom. The number of benzene rings is 2. The molecule has 1 aromatic heterocycles. The van der Waals surface area contributed by atoms with Gasteiger partial charge in [0.05, 0.1) is 6.61 Å². The van der Waals surface area contributed by atoms with Crippen LogP contribution in [0.3, 0.4) is 0 Å². The van der Waals surface area contributed by atoms with Gasteiger partial charge in [-0.05, 0) is 24.6 Å². The van der Waals surface area contributed by atoms with E-state index >= 15 is 0 Å². The van der Waals surface area contributed by atoms with Gasteiger partial charge in [-0.1, -0.05) is 36.4 Å². The van der Waals surface area contributed by atoms with E-state index in [4.69, 9.17) is 9.15 Å². The number of hydrogen-bond acceptors (Lipinski definition) is 4. The Kier molecular flexibility index (Phi) is 5.92. The van der Waals surface area contributed by atoms with Gasteiger partial charge in [0, 0.05) is 43.9 Å². The average Bonchev–Trinajstić information content (AvgIpc) is 3.05. The smallest absolute Gasteiger partial charge is 0.287 e.